The number of amides is 1. The van der Waals surface area contributed by atoms with Crippen LogP contribution in [0.25, 0.3) is 0 Å². The molecule has 0 fully saturated rings. The van der Waals surface area contributed by atoms with Gasteiger partial charge >= 0.3 is 0 Å². The molecule has 0 unspecified atom stereocenters. The van der Waals surface area contributed by atoms with E-state index in [2.05, 4.69) is 30.8 Å². The molecule has 8 nitrogen and oxygen atoms in total. The number of hydrogen-bond donors (Lipinski definition) is 2. The van der Waals surface area contributed by atoms with Gasteiger partial charge in [-0.3, -0.25) is 4.79 Å². The molecular formula is C22H28N2O6S. The van der Waals surface area contributed by atoms with Gasteiger partial charge < -0.3 is 19.5 Å². The second-order valence-electron chi connectivity index (χ2n) is 8.14. The van der Waals surface area contributed by atoms with Crippen LogP contribution in [0.4, 0.5) is 0 Å². The first kappa shape index (κ1) is 22.9. The monoisotopic (exact) mass is 448 g/mol. The summed E-state index contributed by atoms with van der Waals surface area (Å²) >= 11 is 0. The Kier molecular flexibility index (Phi) is 7.07. The lowest BCUT2D eigenvalue weighted by atomic mass is 9.87. The third-order valence-electron chi connectivity index (χ3n) is 4.71. The first-order chi connectivity index (χ1) is 14.6. The van der Waals surface area contributed by atoms with Crippen molar-refractivity contribution in [1.29, 1.82) is 0 Å². The maximum atomic E-state index is 12.4. The molecule has 0 saturated carbocycles. The Balaban J connectivity index is 1.36. The van der Waals surface area contributed by atoms with Gasteiger partial charge in [0.2, 0.25) is 22.7 Å². The number of sulfonamides is 1. The Hall–Kier alpha value is -2.78. The van der Waals surface area contributed by atoms with Crippen molar-refractivity contribution >= 4 is 15.9 Å². The average molecular weight is 449 g/mol. The van der Waals surface area contributed by atoms with Crippen LogP contribution in [0.2, 0.25) is 0 Å². The van der Waals surface area contributed by atoms with E-state index < -0.39 is 10.0 Å². The number of fused-ring (bicyclic) bond motifs is 1. The van der Waals surface area contributed by atoms with Gasteiger partial charge in [0.15, 0.2) is 11.5 Å². The molecule has 2 aromatic carbocycles. The van der Waals surface area contributed by atoms with E-state index in [1.54, 1.807) is 42.5 Å². The van der Waals surface area contributed by atoms with E-state index in [1.807, 2.05) is 0 Å². The van der Waals surface area contributed by atoms with Crippen LogP contribution >= 0.6 is 0 Å². The van der Waals surface area contributed by atoms with Crippen molar-refractivity contribution in [3.05, 3.63) is 48.0 Å². The summed E-state index contributed by atoms with van der Waals surface area (Å²) in [4.78, 5) is 12.1. The lowest BCUT2D eigenvalue weighted by molar-refractivity contribution is -0.121. The molecule has 1 aliphatic heterocycles. The van der Waals surface area contributed by atoms with Gasteiger partial charge in [-0.05, 0) is 35.2 Å². The van der Waals surface area contributed by atoms with Crippen molar-refractivity contribution in [3.63, 3.8) is 0 Å². The van der Waals surface area contributed by atoms with Crippen LogP contribution in [-0.4, -0.2) is 40.8 Å². The van der Waals surface area contributed by atoms with Crippen LogP contribution in [0.3, 0.4) is 0 Å². The fourth-order valence-corrected chi connectivity index (χ4v) is 3.96. The fraction of sp³-hybridized carbons (Fsp3) is 0.409. The molecule has 0 aromatic heterocycles. The molecule has 0 aliphatic carbocycles. The standard InChI is InChI=1S/C22H28N2O6S/c1-22(2,3)16-4-7-18(8-5-16)31(26,27)24-11-10-21(25)23-12-13-28-17-6-9-19-20(14-17)30-15-29-19/h4-9,14,24H,10-13,15H2,1-3H3,(H,23,25). The molecule has 1 amide bonds. The summed E-state index contributed by atoms with van der Waals surface area (Å²) in [7, 11) is -3.66. The Bertz CT molecular complexity index is 1010. The van der Waals surface area contributed by atoms with E-state index in [9.17, 15) is 13.2 Å². The highest BCUT2D eigenvalue weighted by atomic mass is 32.2. The smallest absolute Gasteiger partial charge is 0.240 e. The van der Waals surface area contributed by atoms with E-state index in [0.29, 0.717) is 23.8 Å². The Morgan fingerprint density at radius 1 is 1.03 bits per heavy atom. The van der Waals surface area contributed by atoms with Gasteiger partial charge in [0.05, 0.1) is 11.4 Å². The SMILES string of the molecule is CC(C)(C)c1ccc(S(=O)(=O)NCCC(=O)NCCOc2ccc3c(c2)OCO3)cc1. The Morgan fingerprint density at radius 3 is 2.45 bits per heavy atom. The molecule has 31 heavy (non-hydrogen) atoms. The van der Waals surface area contributed by atoms with Gasteiger partial charge in [0.25, 0.3) is 0 Å². The van der Waals surface area contributed by atoms with E-state index in [0.717, 1.165) is 5.56 Å². The number of rotatable bonds is 9. The van der Waals surface area contributed by atoms with Crippen LogP contribution < -0.4 is 24.2 Å². The predicted octanol–water partition coefficient (Wildman–Crippen LogP) is 2.58. The van der Waals surface area contributed by atoms with Gasteiger partial charge in [-0.1, -0.05) is 32.9 Å². The van der Waals surface area contributed by atoms with E-state index in [4.69, 9.17) is 14.2 Å². The summed E-state index contributed by atoms with van der Waals surface area (Å²) in [6.45, 7) is 6.97. The minimum Gasteiger partial charge on any atom is -0.492 e. The van der Waals surface area contributed by atoms with Crippen molar-refractivity contribution in [2.75, 3.05) is 26.5 Å². The number of carbonyl (C=O) groups is 1. The third kappa shape index (κ3) is 6.35. The predicted molar refractivity (Wildman–Crippen MR) is 116 cm³/mol. The molecule has 0 saturated heterocycles. The summed E-state index contributed by atoms with van der Waals surface area (Å²) in [5, 5.41) is 2.70. The Morgan fingerprint density at radius 2 is 1.74 bits per heavy atom. The average Bonchev–Trinajstić information content (AvgIpc) is 3.18. The van der Waals surface area contributed by atoms with Gasteiger partial charge in [-0.25, -0.2) is 13.1 Å². The van der Waals surface area contributed by atoms with Gasteiger partial charge in [0, 0.05) is 19.0 Å². The molecule has 3 rings (SSSR count). The van der Waals surface area contributed by atoms with Crippen LogP contribution in [0.15, 0.2) is 47.4 Å². The van der Waals surface area contributed by atoms with Crippen molar-refractivity contribution < 1.29 is 27.4 Å². The van der Waals surface area contributed by atoms with Crippen molar-refractivity contribution in [1.82, 2.24) is 10.0 Å². The van der Waals surface area contributed by atoms with Crippen molar-refractivity contribution in [3.8, 4) is 17.2 Å². The van der Waals surface area contributed by atoms with Crippen LogP contribution in [0, 0.1) is 0 Å². The van der Waals surface area contributed by atoms with Crippen molar-refractivity contribution in [2.24, 2.45) is 0 Å². The Labute approximate surface area is 182 Å². The fourth-order valence-electron chi connectivity index (χ4n) is 2.93. The van der Waals surface area contributed by atoms with Gasteiger partial charge in [-0.15, -0.1) is 0 Å². The second-order valence-corrected chi connectivity index (χ2v) is 9.90. The maximum absolute atomic E-state index is 12.4. The molecular weight excluding hydrogens is 420 g/mol. The van der Waals surface area contributed by atoms with Gasteiger partial charge in [-0.2, -0.15) is 0 Å². The zero-order valence-corrected chi connectivity index (χ0v) is 18.8. The molecule has 1 aliphatic rings. The van der Waals surface area contributed by atoms with Gasteiger partial charge in [0.1, 0.15) is 12.4 Å². The molecule has 2 aromatic rings. The largest absolute Gasteiger partial charge is 0.492 e. The van der Waals surface area contributed by atoms with E-state index in [1.165, 1.54) is 0 Å². The highest BCUT2D eigenvalue weighted by molar-refractivity contribution is 7.89. The van der Waals surface area contributed by atoms with Crippen LogP contribution in [0.1, 0.15) is 32.8 Å². The zero-order valence-electron chi connectivity index (χ0n) is 17.9. The molecule has 0 radical (unpaired) electrons. The first-order valence-electron chi connectivity index (χ1n) is 10.0. The second kappa shape index (κ2) is 9.57. The maximum Gasteiger partial charge on any atom is 0.240 e. The van der Waals surface area contributed by atoms with Crippen molar-refractivity contribution in [2.45, 2.75) is 37.5 Å². The summed E-state index contributed by atoms with van der Waals surface area (Å²) in [6.07, 6.45) is 0.0311. The number of carbonyl (C=O) groups excluding carboxylic acids is 1. The van der Waals surface area contributed by atoms with E-state index >= 15 is 0 Å². The van der Waals surface area contributed by atoms with E-state index in [-0.39, 0.29) is 42.6 Å². The minimum atomic E-state index is -3.66. The molecule has 1 heterocycles. The quantitative estimate of drug-likeness (QED) is 0.572. The molecule has 2 N–H and O–H groups in total. The molecule has 0 bridgehead atoms. The minimum absolute atomic E-state index is 0.0121. The molecule has 0 spiro atoms. The molecule has 9 heteroatoms. The number of ether oxygens (including phenoxy) is 3. The molecule has 168 valence electrons. The summed E-state index contributed by atoms with van der Waals surface area (Å²) in [5.41, 5.74) is 0.995. The lowest BCUT2D eigenvalue weighted by Gasteiger charge is -2.19. The number of benzene rings is 2. The normalized spacial score (nSPS) is 13.1. The summed E-state index contributed by atoms with van der Waals surface area (Å²) < 4.78 is 43.3. The highest BCUT2D eigenvalue weighted by Gasteiger charge is 2.18. The first-order valence-corrected chi connectivity index (χ1v) is 11.5. The lowest BCUT2D eigenvalue weighted by Crippen LogP contribution is -2.32. The third-order valence-corrected chi connectivity index (χ3v) is 6.19. The number of nitrogens with one attached hydrogen (secondary N) is 2. The summed E-state index contributed by atoms with van der Waals surface area (Å²) in [6, 6.07) is 12.0. The van der Waals surface area contributed by atoms with Crippen LogP contribution in [-0.2, 0) is 20.2 Å². The molecule has 0 atom stereocenters. The topological polar surface area (TPSA) is 103 Å². The van der Waals surface area contributed by atoms with Crippen LogP contribution in [0.5, 0.6) is 17.2 Å². The number of hydrogen-bond acceptors (Lipinski definition) is 6. The highest BCUT2D eigenvalue weighted by Crippen LogP contribution is 2.35. The summed E-state index contributed by atoms with van der Waals surface area (Å²) in [5.74, 6) is 1.65. The zero-order chi connectivity index (χ0) is 22.5.